The summed E-state index contributed by atoms with van der Waals surface area (Å²) in [5.74, 6) is 0.771. The normalized spacial score (nSPS) is 30.4. The van der Waals surface area contributed by atoms with Gasteiger partial charge < -0.3 is 9.52 Å². The van der Waals surface area contributed by atoms with Crippen molar-refractivity contribution in [2.75, 3.05) is 0 Å². The minimum atomic E-state index is -0.703. The molecule has 14 heavy (non-hydrogen) atoms. The summed E-state index contributed by atoms with van der Waals surface area (Å²) >= 11 is 0. The van der Waals surface area contributed by atoms with E-state index in [-0.39, 0.29) is 11.3 Å². The summed E-state index contributed by atoms with van der Waals surface area (Å²) in [7, 11) is 0. The van der Waals surface area contributed by atoms with E-state index in [9.17, 15) is 4.79 Å². The molecule has 1 aromatic heterocycles. The molecule has 3 nitrogen and oxygen atoms in total. The van der Waals surface area contributed by atoms with Crippen LogP contribution in [0.15, 0.2) is 10.5 Å². The number of aryl methyl sites for hydroxylation is 2. The van der Waals surface area contributed by atoms with Crippen LogP contribution < -0.4 is 0 Å². The third-order valence-electron chi connectivity index (χ3n) is 3.19. The minimum absolute atomic E-state index is 0.201. The number of hydrogen-bond acceptors (Lipinski definition) is 2. The summed E-state index contributed by atoms with van der Waals surface area (Å²) in [6.07, 6.45) is 0.724. The highest BCUT2D eigenvalue weighted by atomic mass is 16.4. The van der Waals surface area contributed by atoms with Gasteiger partial charge in [0.05, 0.1) is 5.92 Å². The Bertz CT molecular complexity index is 391. The van der Waals surface area contributed by atoms with E-state index < -0.39 is 5.97 Å². The summed E-state index contributed by atoms with van der Waals surface area (Å²) < 4.78 is 5.42. The highest BCUT2D eigenvalue weighted by Gasteiger charge is 2.57. The predicted octanol–water partition coefficient (Wildman–Crippen LogP) is 2.26. The van der Waals surface area contributed by atoms with Crippen molar-refractivity contribution in [1.29, 1.82) is 0 Å². The molecule has 0 saturated heterocycles. The van der Waals surface area contributed by atoms with Gasteiger partial charge in [-0.2, -0.15) is 0 Å². The van der Waals surface area contributed by atoms with E-state index in [2.05, 4.69) is 0 Å². The predicted molar refractivity (Wildman–Crippen MR) is 51.3 cm³/mol. The highest BCUT2D eigenvalue weighted by Crippen LogP contribution is 2.55. The maximum atomic E-state index is 10.8. The van der Waals surface area contributed by atoms with Gasteiger partial charge in [-0.3, -0.25) is 4.79 Å². The molecule has 0 aliphatic heterocycles. The number of aliphatic carboxylic acids is 1. The zero-order chi connectivity index (χ0) is 10.5. The second-order valence-electron chi connectivity index (χ2n) is 4.34. The van der Waals surface area contributed by atoms with Crippen molar-refractivity contribution < 1.29 is 14.3 Å². The molecule has 1 aliphatic rings. The van der Waals surface area contributed by atoms with Gasteiger partial charge in [-0.25, -0.2) is 0 Å². The van der Waals surface area contributed by atoms with E-state index in [1.807, 2.05) is 26.8 Å². The van der Waals surface area contributed by atoms with Crippen molar-refractivity contribution in [3.63, 3.8) is 0 Å². The van der Waals surface area contributed by atoms with Crippen LogP contribution in [-0.4, -0.2) is 11.1 Å². The van der Waals surface area contributed by atoms with Crippen LogP contribution >= 0.6 is 0 Å². The maximum absolute atomic E-state index is 10.8. The van der Waals surface area contributed by atoms with Crippen LogP contribution in [0.1, 0.15) is 30.4 Å². The van der Waals surface area contributed by atoms with Gasteiger partial charge in [0.15, 0.2) is 0 Å². The topological polar surface area (TPSA) is 50.4 Å². The highest BCUT2D eigenvalue weighted by molar-refractivity contribution is 5.77. The van der Waals surface area contributed by atoms with Crippen molar-refractivity contribution in [1.82, 2.24) is 0 Å². The number of rotatable bonds is 2. The number of hydrogen-bond donors (Lipinski definition) is 1. The molecular formula is C11H14O3. The quantitative estimate of drug-likeness (QED) is 0.785. The van der Waals surface area contributed by atoms with Gasteiger partial charge in [-0.15, -0.1) is 0 Å². The Kier molecular flexibility index (Phi) is 1.74. The molecule has 1 N–H and O–H groups in total. The lowest BCUT2D eigenvalue weighted by atomic mass is 9.96. The number of carboxylic acids is 1. The summed E-state index contributed by atoms with van der Waals surface area (Å²) in [4.78, 5) is 10.8. The van der Waals surface area contributed by atoms with Gasteiger partial charge in [0.25, 0.3) is 0 Å². The molecule has 0 bridgehead atoms. The lowest BCUT2D eigenvalue weighted by molar-refractivity contribution is -0.138. The van der Waals surface area contributed by atoms with Gasteiger partial charge in [0.1, 0.15) is 11.5 Å². The van der Waals surface area contributed by atoms with Crippen LogP contribution in [0.5, 0.6) is 0 Å². The molecule has 1 heterocycles. The Balaban J connectivity index is 2.34. The van der Waals surface area contributed by atoms with E-state index >= 15 is 0 Å². The smallest absolute Gasteiger partial charge is 0.307 e. The number of carbonyl (C=O) groups is 1. The van der Waals surface area contributed by atoms with Crippen LogP contribution in [0.2, 0.25) is 0 Å². The largest absolute Gasteiger partial charge is 0.481 e. The van der Waals surface area contributed by atoms with E-state index in [0.717, 1.165) is 23.5 Å². The van der Waals surface area contributed by atoms with E-state index in [4.69, 9.17) is 9.52 Å². The summed E-state index contributed by atoms with van der Waals surface area (Å²) in [6.45, 7) is 5.77. The first-order valence-electron chi connectivity index (χ1n) is 4.75. The third kappa shape index (κ3) is 1.15. The third-order valence-corrected chi connectivity index (χ3v) is 3.19. The van der Waals surface area contributed by atoms with Crippen LogP contribution in [0.3, 0.4) is 0 Å². The lowest BCUT2D eigenvalue weighted by Crippen LogP contribution is -2.11. The fourth-order valence-electron chi connectivity index (χ4n) is 2.22. The molecule has 1 aromatic rings. The minimum Gasteiger partial charge on any atom is -0.481 e. The molecule has 2 atom stereocenters. The Labute approximate surface area is 82.7 Å². The Hall–Kier alpha value is -1.25. The molecule has 2 unspecified atom stereocenters. The van der Waals surface area contributed by atoms with Crippen molar-refractivity contribution >= 4 is 5.97 Å². The molecule has 3 heteroatoms. The maximum Gasteiger partial charge on any atom is 0.307 e. The van der Waals surface area contributed by atoms with Crippen LogP contribution in [-0.2, 0) is 10.2 Å². The van der Waals surface area contributed by atoms with E-state index in [0.29, 0.717) is 0 Å². The van der Waals surface area contributed by atoms with Crippen LogP contribution in [0.25, 0.3) is 0 Å². The molecule has 2 rings (SSSR count). The van der Waals surface area contributed by atoms with Gasteiger partial charge in [0, 0.05) is 11.0 Å². The molecule has 1 aliphatic carbocycles. The fourth-order valence-corrected chi connectivity index (χ4v) is 2.22. The summed E-state index contributed by atoms with van der Waals surface area (Å²) in [6, 6.07) is 1.96. The van der Waals surface area contributed by atoms with Gasteiger partial charge in [0.2, 0.25) is 0 Å². The number of carboxylic acid groups (broad SMARTS) is 1. The average Bonchev–Trinajstić information content (AvgIpc) is 2.64. The second-order valence-corrected chi connectivity index (χ2v) is 4.34. The molecule has 1 saturated carbocycles. The SMILES string of the molecule is Cc1cc(C2(C)CC2C(=O)O)c(C)o1. The lowest BCUT2D eigenvalue weighted by Gasteiger charge is -2.07. The Morgan fingerprint density at radius 2 is 2.29 bits per heavy atom. The zero-order valence-corrected chi connectivity index (χ0v) is 8.63. The van der Waals surface area contributed by atoms with Crippen molar-refractivity contribution in [3.8, 4) is 0 Å². The number of furan rings is 1. The van der Waals surface area contributed by atoms with Crippen LogP contribution in [0.4, 0.5) is 0 Å². The fraction of sp³-hybridized carbons (Fsp3) is 0.545. The summed E-state index contributed by atoms with van der Waals surface area (Å²) in [5, 5.41) is 8.92. The molecule has 1 fully saturated rings. The van der Waals surface area contributed by atoms with E-state index in [1.54, 1.807) is 0 Å². The Morgan fingerprint density at radius 3 is 2.64 bits per heavy atom. The molecule has 0 amide bonds. The Morgan fingerprint density at radius 1 is 1.64 bits per heavy atom. The first-order chi connectivity index (χ1) is 6.45. The standard InChI is InChI=1S/C11H14O3/c1-6-4-8(7(2)14-6)11(3)5-9(11)10(12)13/h4,9H,5H2,1-3H3,(H,12,13). The first kappa shape index (κ1) is 9.31. The molecular weight excluding hydrogens is 180 g/mol. The van der Waals surface area contributed by atoms with Gasteiger partial charge in [-0.05, 0) is 26.3 Å². The molecule has 0 radical (unpaired) electrons. The van der Waals surface area contributed by atoms with Gasteiger partial charge in [-0.1, -0.05) is 6.92 Å². The molecule has 0 spiro atoms. The average molecular weight is 194 g/mol. The van der Waals surface area contributed by atoms with Crippen molar-refractivity contribution in [3.05, 3.63) is 23.2 Å². The zero-order valence-electron chi connectivity index (χ0n) is 8.63. The second kappa shape index (κ2) is 2.62. The van der Waals surface area contributed by atoms with Crippen molar-refractivity contribution in [2.45, 2.75) is 32.6 Å². The van der Waals surface area contributed by atoms with Gasteiger partial charge >= 0.3 is 5.97 Å². The van der Waals surface area contributed by atoms with Crippen molar-refractivity contribution in [2.24, 2.45) is 5.92 Å². The summed E-state index contributed by atoms with van der Waals surface area (Å²) in [5.41, 5.74) is 0.857. The monoisotopic (exact) mass is 194 g/mol. The first-order valence-corrected chi connectivity index (χ1v) is 4.75. The van der Waals surface area contributed by atoms with Crippen LogP contribution in [0, 0.1) is 19.8 Å². The molecule has 0 aromatic carbocycles. The molecule has 76 valence electrons. The van der Waals surface area contributed by atoms with E-state index in [1.165, 1.54) is 0 Å².